The van der Waals surface area contributed by atoms with E-state index in [-0.39, 0.29) is 0 Å². The number of hydrogen-bond acceptors (Lipinski definition) is 1. The van der Waals surface area contributed by atoms with Crippen LogP contribution in [-0.2, 0) is 19.3 Å². The maximum Gasteiger partial charge on any atom is 0.0687 e. The van der Waals surface area contributed by atoms with Crippen molar-refractivity contribution in [3.05, 3.63) is 34.9 Å². The normalized spacial score (nSPS) is 14.8. The summed E-state index contributed by atoms with van der Waals surface area (Å²) in [5.74, 6) is 0. The molecule has 0 unspecified atom stereocenters. The number of hydrogen-bond donors (Lipinski definition) is 1. The van der Waals surface area contributed by atoms with E-state index < -0.39 is 5.60 Å². The minimum Gasteiger partial charge on any atom is -0.390 e. The van der Waals surface area contributed by atoms with Crippen LogP contribution in [0, 0.1) is 0 Å². The van der Waals surface area contributed by atoms with Gasteiger partial charge in [-0.15, -0.1) is 0 Å². The van der Waals surface area contributed by atoms with Crippen molar-refractivity contribution in [1.29, 1.82) is 0 Å². The predicted octanol–water partition coefficient (Wildman–Crippen LogP) is 4.05. The van der Waals surface area contributed by atoms with Crippen LogP contribution >= 0.6 is 0 Å². The van der Waals surface area contributed by atoms with E-state index in [1.165, 1.54) is 36.0 Å². The molecule has 0 atom stereocenters. The molecule has 18 heavy (non-hydrogen) atoms. The van der Waals surface area contributed by atoms with Crippen molar-refractivity contribution in [3.63, 3.8) is 0 Å². The first-order valence-corrected chi connectivity index (χ1v) is 7.50. The van der Waals surface area contributed by atoms with Crippen LogP contribution < -0.4 is 0 Å². The Kier molecular flexibility index (Phi) is 4.45. The lowest BCUT2D eigenvalue weighted by Gasteiger charge is -2.28. The van der Waals surface area contributed by atoms with E-state index in [0.29, 0.717) is 0 Å². The maximum atomic E-state index is 10.7. The van der Waals surface area contributed by atoms with Crippen molar-refractivity contribution < 1.29 is 5.11 Å². The van der Waals surface area contributed by atoms with Crippen molar-refractivity contribution in [1.82, 2.24) is 0 Å². The smallest absolute Gasteiger partial charge is 0.0687 e. The summed E-state index contributed by atoms with van der Waals surface area (Å²) >= 11 is 0. The van der Waals surface area contributed by atoms with E-state index in [1.807, 2.05) is 0 Å². The highest BCUT2D eigenvalue weighted by atomic mass is 16.3. The first-order valence-electron chi connectivity index (χ1n) is 7.50. The van der Waals surface area contributed by atoms with Gasteiger partial charge in [-0.05, 0) is 48.8 Å². The Hall–Kier alpha value is -0.820. The second-order valence-corrected chi connectivity index (χ2v) is 5.86. The Morgan fingerprint density at radius 1 is 1.06 bits per heavy atom. The Morgan fingerprint density at radius 3 is 2.39 bits per heavy atom. The standard InChI is InChI=1S/C17H26O/c1-3-10-17(18,11-4-2)13-14-8-9-15-6-5-7-16(15)12-14/h8-9,12,18H,3-7,10-11,13H2,1-2H3. The van der Waals surface area contributed by atoms with E-state index >= 15 is 0 Å². The van der Waals surface area contributed by atoms with Gasteiger partial charge in [-0.3, -0.25) is 0 Å². The maximum absolute atomic E-state index is 10.7. The number of rotatable bonds is 6. The van der Waals surface area contributed by atoms with Crippen molar-refractivity contribution in [2.45, 2.75) is 70.8 Å². The third-order valence-electron chi connectivity index (χ3n) is 4.13. The molecule has 0 radical (unpaired) electrons. The lowest BCUT2D eigenvalue weighted by atomic mass is 9.85. The molecule has 0 spiro atoms. The Balaban J connectivity index is 2.11. The summed E-state index contributed by atoms with van der Waals surface area (Å²) in [4.78, 5) is 0. The van der Waals surface area contributed by atoms with E-state index in [4.69, 9.17) is 0 Å². The molecule has 0 fully saturated rings. The van der Waals surface area contributed by atoms with Gasteiger partial charge in [-0.1, -0.05) is 44.9 Å². The zero-order valence-electron chi connectivity index (χ0n) is 11.8. The fourth-order valence-electron chi connectivity index (χ4n) is 3.35. The first kappa shape index (κ1) is 13.6. The van der Waals surface area contributed by atoms with Crippen LogP contribution in [0.3, 0.4) is 0 Å². The lowest BCUT2D eigenvalue weighted by Crippen LogP contribution is -2.31. The van der Waals surface area contributed by atoms with Gasteiger partial charge in [0.15, 0.2) is 0 Å². The van der Waals surface area contributed by atoms with Gasteiger partial charge < -0.3 is 5.11 Å². The molecular formula is C17H26O. The fourth-order valence-corrected chi connectivity index (χ4v) is 3.35. The lowest BCUT2D eigenvalue weighted by molar-refractivity contribution is 0.0216. The average Bonchev–Trinajstić information content (AvgIpc) is 2.76. The van der Waals surface area contributed by atoms with Crippen LogP contribution in [-0.4, -0.2) is 10.7 Å². The second kappa shape index (κ2) is 5.88. The highest BCUT2D eigenvalue weighted by Gasteiger charge is 2.25. The van der Waals surface area contributed by atoms with Gasteiger partial charge in [0.2, 0.25) is 0 Å². The zero-order chi connectivity index (χ0) is 13.0. The molecule has 0 bridgehead atoms. The largest absolute Gasteiger partial charge is 0.390 e. The van der Waals surface area contributed by atoms with Gasteiger partial charge in [-0.25, -0.2) is 0 Å². The zero-order valence-corrected chi connectivity index (χ0v) is 11.8. The molecule has 0 heterocycles. The molecule has 1 aliphatic carbocycles. The molecule has 0 saturated heterocycles. The Bertz CT molecular complexity index is 389. The van der Waals surface area contributed by atoms with Gasteiger partial charge >= 0.3 is 0 Å². The summed E-state index contributed by atoms with van der Waals surface area (Å²) < 4.78 is 0. The number of aliphatic hydroxyl groups is 1. The summed E-state index contributed by atoms with van der Waals surface area (Å²) in [7, 11) is 0. The summed E-state index contributed by atoms with van der Waals surface area (Å²) in [6.45, 7) is 4.31. The highest BCUT2D eigenvalue weighted by Crippen LogP contribution is 2.28. The predicted molar refractivity (Wildman–Crippen MR) is 76.9 cm³/mol. The number of aryl methyl sites for hydroxylation is 2. The van der Waals surface area contributed by atoms with Gasteiger partial charge in [-0.2, -0.15) is 0 Å². The summed E-state index contributed by atoms with van der Waals surface area (Å²) in [6.07, 6.45) is 8.53. The van der Waals surface area contributed by atoms with E-state index in [0.717, 1.165) is 32.1 Å². The summed E-state index contributed by atoms with van der Waals surface area (Å²) in [5, 5.41) is 10.7. The first-order chi connectivity index (χ1) is 8.67. The molecular weight excluding hydrogens is 220 g/mol. The van der Waals surface area contributed by atoms with Crippen LogP contribution in [0.5, 0.6) is 0 Å². The van der Waals surface area contributed by atoms with Crippen LogP contribution in [0.25, 0.3) is 0 Å². The molecule has 100 valence electrons. The minimum absolute atomic E-state index is 0.490. The van der Waals surface area contributed by atoms with Crippen molar-refractivity contribution >= 4 is 0 Å². The van der Waals surface area contributed by atoms with Crippen LogP contribution in [0.4, 0.5) is 0 Å². The molecule has 0 aliphatic heterocycles. The van der Waals surface area contributed by atoms with Crippen molar-refractivity contribution in [3.8, 4) is 0 Å². The molecule has 1 aromatic rings. The third kappa shape index (κ3) is 3.14. The monoisotopic (exact) mass is 246 g/mol. The number of benzene rings is 1. The quantitative estimate of drug-likeness (QED) is 0.803. The van der Waals surface area contributed by atoms with E-state index in [9.17, 15) is 5.11 Å². The molecule has 1 aliphatic rings. The molecule has 1 nitrogen and oxygen atoms in total. The van der Waals surface area contributed by atoms with E-state index in [1.54, 1.807) is 0 Å². The van der Waals surface area contributed by atoms with Gasteiger partial charge in [0, 0.05) is 6.42 Å². The number of fused-ring (bicyclic) bond motifs is 1. The summed E-state index contributed by atoms with van der Waals surface area (Å²) in [5.41, 5.74) is 3.87. The third-order valence-corrected chi connectivity index (χ3v) is 4.13. The minimum atomic E-state index is -0.490. The van der Waals surface area contributed by atoms with Crippen LogP contribution in [0.2, 0.25) is 0 Å². The van der Waals surface area contributed by atoms with Gasteiger partial charge in [0.25, 0.3) is 0 Å². The molecule has 2 rings (SSSR count). The summed E-state index contributed by atoms with van der Waals surface area (Å²) in [6, 6.07) is 6.83. The average molecular weight is 246 g/mol. The highest BCUT2D eigenvalue weighted by molar-refractivity contribution is 5.35. The van der Waals surface area contributed by atoms with Crippen LogP contribution in [0.15, 0.2) is 18.2 Å². The molecule has 0 saturated carbocycles. The molecule has 1 heteroatoms. The molecule has 0 aromatic heterocycles. The van der Waals surface area contributed by atoms with Crippen molar-refractivity contribution in [2.75, 3.05) is 0 Å². The topological polar surface area (TPSA) is 20.2 Å². The molecule has 1 aromatic carbocycles. The van der Waals surface area contributed by atoms with Gasteiger partial charge in [0.05, 0.1) is 5.60 Å². The Morgan fingerprint density at radius 2 is 1.72 bits per heavy atom. The molecule has 1 N–H and O–H groups in total. The van der Waals surface area contributed by atoms with Crippen molar-refractivity contribution in [2.24, 2.45) is 0 Å². The molecule has 0 amide bonds. The van der Waals surface area contributed by atoms with Crippen LogP contribution in [0.1, 0.15) is 62.6 Å². The SMILES string of the molecule is CCCC(O)(CCC)Cc1ccc2c(c1)CCC2. The fraction of sp³-hybridized carbons (Fsp3) is 0.647. The van der Waals surface area contributed by atoms with Gasteiger partial charge in [0.1, 0.15) is 0 Å². The van der Waals surface area contributed by atoms with E-state index in [2.05, 4.69) is 32.0 Å². The Labute approximate surface area is 111 Å². The second-order valence-electron chi connectivity index (χ2n) is 5.86.